The van der Waals surface area contributed by atoms with E-state index in [9.17, 15) is 0 Å². The van der Waals surface area contributed by atoms with Crippen molar-refractivity contribution in [3.8, 4) is 11.8 Å². The van der Waals surface area contributed by atoms with Crippen molar-refractivity contribution in [1.29, 1.82) is 0 Å². The molecule has 19 heavy (non-hydrogen) atoms. The van der Waals surface area contributed by atoms with E-state index in [1.165, 1.54) is 38.9 Å². The van der Waals surface area contributed by atoms with Gasteiger partial charge in [0.1, 0.15) is 0 Å². The van der Waals surface area contributed by atoms with Crippen molar-refractivity contribution in [3.05, 3.63) is 35.9 Å². The summed E-state index contributed by atoms with van der Waals surface area (Å²) in [6, 6.07) is 10.8. The van der Waals surface area contributed by atoms with E-state index in [1.54, 1.807) is 0 Å². The van der Waals surface area contributed by atoms with E-state index in [-0.39, 0.29) is 0 Å². The van der Waals surface area contributed by atoms with Crippen LogP contribution in [0.5, 0.6) is 0 Å². The molecule has 0 atom stereocenters. The first-order valence-electron chi connectivity index (χ1n) is 7.38. The lowest BCUT2D eigenvalue weighted by atomic mass is 10.1. The van der Waals surface area contributed by atoms with Gasteiger partial charge >= 0.3 is 0 Å². The van der Waals surface area contributed by atoms with Crippen LogP contribution in [0.2, 0.25) is 0 Å². The monoisotopic (exact) mass is 256 g/mol. The smallest absolute Gasteiger partial charge is 0.0582 e. The minimum absolute atomic E-state index is 0.651. The zero-order valence-electron chi connectivity index (χ0n) is 11.9. The highest BCUT2D eigenvalue weighted by Crippen LogP contribution is 2.10. The molecule has 2 rings (SSSR count). The Kier molecular flexibility index (Phi) is 5.94. The van der Waals surface area contributed by atoms with E-state index in [0.29, 0.717) is 6.04 Å². The summed E-state index contributed by atoms with van der Waals surface area (Å²) in [5, 5.41) is 3.55. The standard InChI is InChI=1S/C17H24N2/c1-2-13-19-14-10-17(11-15-19)18-12-6-9-16-7-4-3-5-8-16/h3-5,7-8,17-18H,2,10-15H2,1H3. The van der Waals surface area contributed by atoms with Gasteiger partial charge in [0.05, 0.1) is 6.54 Å². The molecule has 2 heteroatoms. The minimum atomic E-state index is 0.651. The largest absolute Gasteiger partial charge is 0.303 e. The molecule has 0 spiro atoms. The van der Waals surface area contributed by atoms with Gasteiger partial charge in [-0.05, 0) is 51.0 Å². The van der Waals surface area contributed by atoms with Crippen molar-refractivity contribution in [2.24, 2.45) is 0 Å². The third kappa shape index (κ3) is 5.06. The van der Waals surface area contributed by atoms with Crippen LogP contribution in [0.1, 0.15) is 31.7 Å². The van der Waals surface area contributed by atoms with Gasteiger partial charge in [0, 0.05) is 11.6 Å². The molecule has 1 aromatic carbocycles. The molecule has 0 radical (unpaired) electrons. The molecule has 1 aliphatic heterocycles. The van der Waals surface area contributed by atoms with Crippen molar-refractivity contribution >= 4 is 0 Å². The predicted octanol–water partition coefficient (Wildman–Crippen LogP) is 2.50. The predicted molar refractivity (Wildman–Crippen MR) is 81.1 cm³/mol. The Morgan fingerprint density at radius 2 is 1.95 bits per heavy atom. The third-order valence-corrected chi connectivity index (χ3v) is 3.61. The summed E-state index contributed by atoms with van der Waals surface area (Å²) >= 11 is 0. The zero-order chi connectivity index (χ0) is 13.3. The summed E-state index contributed by atoms with van der Waals surface area (Å²) in [6.07, 6.45) is 3.78. The lowest BCUT2D eigenvalue weighted by Crippen LogP contribution is -2.42. The van der Waals surface area contributed by atoms with E-state index < -0.39 is 0 Å². The summed E-state index contributed by atoms with van der Waals surface area (Å²) in [7, 11) is 0. The molecule has 1 aliphatic rings. The molecule has 1 N–H and O–H groups in total. The summed E-state index contributed by atoms with van der Waals surface area (Å²) in [5.74, 6) is 6.40. The van der Waals surface area contributed by atoms with E-state index in [4.69, 9.17) is 0 Å². The van der Waals surface area contributed by atoms with Gasteiger partial charge in [0.2, 0.25) is 0 Å². The lowest BCUT2D eigenvalue weighted by molar-refractivity contribution is 0.200. The number of rotatable bonds is 4. The van der Waals surface area contributed by atoms with Crippen LogP contribution in [0.25, 0.3) is 0 Å². The van der Waals surface area contributed by atoms with Crippen molar-refractivity contribution in [3.63, 3.8) is 0 Å². The summed E-state index contributed by atoms with van der Waals surface area (Å²) < 4.78 is 0. The fraction of sp³-hybridized carbons (Fsp3) is 0.529. The van der Waals surface area contributed by atoms with Crippen LogP contribution in [0.15, 0.2) is 30.3 Å². The SMILES string of the molecule is CCCN1CCC(NCC#Cc2ccccc2)CC1. The molecule has 2 nitrogen and oxygen atoms in total. The van der Waals surface area contributed by atoms with Gasteiger partial charge in [-0.25, -0.2) is 0 Å². The Labute approximate surface area is 117 Å². The van der Waals surface area contributed by atoms with Crippen molar-refractivity contribution in [2.45, 2.75) is 32.2 Å². The molecular weight excluding hydrogens is 232 g/mol. The van der Waals surface area contributed by atoms with Gasteiger partial charge in [-0.15, -0.1) is 0 Å². The number of hydrogen-bond acceptors (Lipinski definition) is 2. The van der Waals surface area contributed by atoms with Crippen LogP contribution in [-0.4, -0.2) is 37.1 Å². The van der Waals surface area contributed by atoms with Gasteiger partial charge in [0.15, 0.2) is 0 Å². The molecule has 0 aromatic heterocycles. The Hall–Kier alpha value is -1.30. The van der Waals surface area contributed by atoms with Gasteiger partial charge in [-0.1, -0.05) is 37.0 Å². The zero-order valence-corrected chi connectivity index (χ0v) is 11.9. The first kappa shape index (κ1) is 14.1. The Bertz CT molecular complexity index is 408. The van der Waals surface area contributed by atoms with Crippen molar-refractivity contribution in [2.75, 3.05) is 26.2 Å². The highest BCUT2D eigenvalue weighted by molar-refractivity contribution is 5.33. The second-order valence-electron chi connectivity index (χ2n) is 5.16. The fourth-order valence-corrected chi connectivity index (χ4v) is 2.54. The van der Waals surface area contributed by atoms with Crippen LogP contribution in [0, 0.1) is 11.8 Å². The molecule has 0 aliphatic carbocycles. The normalized spacial score (nSPS) is 16.9. The Morgan fingerprint density at radius 1 is 1.21 bits per heavy atom. The number of benzene rings is 1. The van der Waals surface area contributed by atoms with E-state index in [2.05, 4.69) is 41.1 Å². The number of nitrogens with one attached hydrogen (secondary N) is 1. The number of likely N-dealkylation sites (tertiary alicyclic amines) is 1. The van der Waals surface area contributed by atoms with E-state index >= 15 is 0 Å². The second-order valence-corrected chi connectivity index (χ2v) is 5.16. The second kappa shape index (κ2) is 7.99. The average molecular weight is 256 g/mol. The van der Waals surface area contributed by atoms with Gasteiger partial charge in [0.25, 0.3) is 0 Å². The maximum absolute atomic E-state index is 3.55. The first-order valence-corrected chi connectivity index (χ1v) is 7.38. The maximum Gasteiger partial charge on any atom is 0.0582 e. The Morgan fingerprint density at radius 3 is 2.63 bits per heavy atom. The van der Waals surface area contributed by atoms with Crippen LogP contribution in [0.4, 0.5) is 0 Å². The fourth-order valence-electron chi connectivity index (χ4n) is 2.54. The maximum atomic E-state index is 3.55. The molecule has 0 unspecified atom stereocenters. The summed E-state index contributed by atoms with van der Waals surface area (Å²) in [5.41, 5.74) is 1.10. The lowest BCUT2D eigenvalue weighted by Gasteiger charge is -2.31. The molecule has 1 heterocycles. The molecule has 1 aromatic rings. The summed E-state index contributed by atoms with van der Waals surface area (Å²) in [6.45, 7) is 6.77. The molecule has 0 bridgehead atoms. The molecule has 1 saturated heterocycles. The third-order valence-electron chi connectivity index (χ3n) is 3.61. The number of piperidine rings is 1. The molecule has 0 amide bonds. The Balaban J connectivity index is 1.66. The average Bonchev–Trinajstić information content (AvgIpc) is 2.47. The van der Waals surface area contributed by atoms with Gasteiger partial charge in [-0.2, -0.15) is 0 Å². The van der Waals surface area contributed by atoms with Gasteiger partial charge in [-0.3, -0.25) is 0 Å². The van der Waals surface area contributed by atoms with Crippen LogP contribution >= 0.6 is 0 Å². The molecule has 0 saturated carbocycles. The highest BCUT2D eigenvalue weighted by atomic mass is 15.1. The van der Waals surface area contributed by atoms with Crippen LogP contribution < -0.4 is 5.32 Å². The molecular formula is C17H24N2. The number of hydrogen-bond donors (Lipinski definition) is 1. The minimum Gasteiger partial charge on any atom is -0.303 e. The van der Waals surface area contributed by atoms with Crippen molar-refractivity contribution in [1.82, 2.24) is 10.2 Å². The quantitative estimate of drug-likeness (QED) is 0.833. The van der Waals surface area contributed by atoms with Crippen molar-refractivity contribution < 1.29 is 0 Å². The summed E-state index contributed by atoms with van der Waals surface area (Å²) in [4.78, 5) is 2.56. The van der Waals surface area contributed by atoms with E-state index in [0.717, 1.165) is 12.1 Å². The van der Waals surface area contributed by atoms with Crippen LogP contribution in [0.3, 0.4) is 0 Å². The molecule has 1 fully saturated rings. The first-order chi connectivity index (χ1) is 9.38. The highest BCUT2D eigenvalue weighted by Gasteiger charge is 2.17. The number of nitrogens with zero attached hydrogens (tertiary/aromatic N) is 1. The van der Waals surface area contributed by atoms with E-state index in [1.807, 2.05) is 18.2 Å². The van der Waals surface area contributed by atoms with Gasteiger partial charge < -0.3 is 10.2 Å². The topological polar surface area (TPSA) is 15.3 Å². The molecule has 102 valence electrons. The van der Waals surface area contributed by atoms with Crippen LogP contribution in [-0.2, 0) is 0 Å².